The summed E-state index contributed by atoms with van der Waals surface area (Å²) < 4.78 is 0. The molecule has 1 saturated carbocycles. The van der Waals surface area contributed by atoms with Gasteiger partial charge >= 0.3 is 0 Å². The summed E-state index contributed by atoms with van der Waals surface area (Å²) in [6.07, 6.45) is 6.49. The van der Waals surface area contributed by atoms with Gasteiger partial charge in [-0.25, -0.2) is 9.97 Å². The molecule has 2 aromatic rings. The van der Waals surface area contributed by atoms with Crippen molar-refractivity contribution < 1.29 is 0 Å². The van der Waals surface area contributed by atoms with Crippen LogP contribution in [0.3, 0.4) is 0 Å². The van der Waals surface area contributed by atoms with E-state index in [0.29, 0.717) is 12.0 Å². The Hall–Kier alpha value is -1.20. The number of rotatable bonds is 3. The lowest BCUT2D eigenvalue weighted by Gasteiger charge is -2.26. The third-order valence-corrected chi connectivity index (χ3v) is 5.46. The summed E-state index contributed by atoms with van der Waals surface area (Å²) in [4.78, 5) is 11.2. The topological polar surface area (TPSA) is 63.8 Å². The van der Waals surface area contributed by atoms with Crippen LogP contribution in [0.4, 0.5) is 5.82 Å². The van der Waals surface area contributed by atoms with Crippen molar-refractivity contribution >= 4 is 27.4 Å². The molecule has 20 heavy (non-hydrogen) atoms. The molecule has 2 heterocycles. The quantitative estimate of drug-likeness (QED) is 0.911. The first kappa shape index (κ1) is 13.8. The van der Waals surface area contributed by atoms with E-state index in [1.54, 1.807) is 17.7 Å². The standard InChI is InChI=1S/C15H22N4S/c1-9-10(2)20-15-13(9)14(18-8-19-15)17-7-11-4-3-5-12(16)6-11/h8,11-12H,3-7,16H2,1-2H3,(H,17,18,19). The van der Waals surface area contributed by atoms with Crippen LogP contribution in [0.2, 0.25) is 0 Å². The lowest BCUT2D eigenvalue weighted by atomic mass is 9.86. The highest BCUT2D eigenvalue weighted by Gasteiger charge is 2.20. The van der Waals surface area contributed by atoms with Gasteiger partial charge in [0.25, 0.3) is 0 Å². The zero-order chi connectivity index (χ0) is 14.1. The molecule has 0 amide bonds. The minimum Gasteiger partial charge on any atom is -0.369 e. The molecule has 4 nitrogen and oxygen atoms in total. The number of nitrogens with one attached hydrogen (secondary N) is 1. The number of aryl methyl sites for hydroxylation is 2. The second-order valence-corrected chi connectivity index (χ2v) is 7.06. The Balaban J connectivity index is 1.77. The lowest BCUT2D eigenvalue weighted by molar-refractivity contribution is 0.335. The molecule has 5 heteroatoms. The van der Waals surface area contributed by atoms with Crippen molar-refractivity contribution in [2.24, 2.45) is 11.7 Å². The second-order valence-electron chi connectivity index (χ2n) is 5.86. The van der Waals surface area contributed by atoms with Gasteiger partial charge in [0, 0.05) is 17.5 Å². The van der Waals surface area contributed by atoms with Crippen LogP contribution in [0.15, 0.2) is 6.33 Å². The summed E-state index contributed by atoms with van der Waals surface area (Å²) >= 11 is 1.74. The molecular weight excluding hydrogens is 268 g/mol. The van der Waals surface area contributed by atoms with E-state index in [1.165, 1.54) is 35.1 Å². The number of hydrogen-bond donors (Lipinski definition) is 2. The van der Waals surface area contributed by atoms with Gasteiger partial charge in [-0.2, -0.15) is 0 Å². The summed E-state index contributed by atoms with van der Waals surface area (Å²) in [6.45, 7) is 5.26. The number of nitrogens with zero attached hydrogens (tertiary/aromatic N) is 2. The average Bonchev–Trinajstić information content (AvgIpc) is 2.73. The van der Waals surface area contributed by atoms with Gasteiger partial charge < -0.3 is 11.1 Å². The van der Waals surface area contributed by atoms with Gasteiger partial charge in [-0.3, -0.25) is 0 Å². The number of thiophene rings is 1. The highest BCUT2D eigenvalue weighted by molar-refractivity contribution is 7.18. The van der Waals surface area contributed by atoms with Gasteiger partial charge in [-0.05, 0) is 44.6 Å². The van der Waals surface area contributed by atoms with Crippen LogP contribution in [0.25, 0.3) is 10.2 Å². The molecule has 2 atom stereocenters. The molecule has 1 fully saturated rings. The van der Waals surface area contributed by atoms with Crippen molar-refractivity contribution in [2.75, 3.05) is 11.9 Å². The lowest BCUT2D eigenvalue weighted by Crippen LogP contribution is -2.31. The molecule has 0 aliphatic heterocycles. The predicted octanol–water partition coefficient (Wildman–Crippen LogP) is 3.24. The third kappa shape index (κ3) is 2.65. The van der Waals surface area contributed by atoms with E-state index in [-0.39, 0.29) is 0 Å². The maximum absolute atomic E-state index is 6.06. The SMILES string of the molecule is Cc1sc2ncnc(NCC3CCCC(N)C3)c2c1C. The summed E-state index contributed by atoms with van der Waals surface area (Å²) in [7, 11) is 0. The molecule has 0 aromatic carbocycles. The summed E-state index contributed by atoms with van der Waals surface area (Å²) in [5.41, 5.74) is 7.36. The van der Waals surface area contributed by atoms with E-state index >= 15 is 0 Å². The summed E-state index contributed by atoms with van der Waals surface area (Å²) in [5, 5.41) is 4.72. The van der Waals surface area contributed by atoms with Crippen molar-refractivity contribution in [1.29, 1.82) is 0 Å². The maximum atomic E-state index is 6.06. The Morgan fingerprint density at radius 2 is 2.20 bits per heavy atom. The van der Waals surface area contributed by atoms with Gasteiger partial charge in [0.1, 0.15) is 17.0 Å². The van der Waals surface area contributed by atoms with Crippen LogP contribution in [-0.4, -0.2) is 22.6 Å². The Labute approximate surface area is 123 Å². The molecule has 2 aromatic heterocycles. The van der Waals surface area contributed by atoms with Gasteiger partial charge in [0.2, 0.25) is 0 Å². The van der Waals surface area contributed by atoms with E-state index < -0.39 is 0 Å². The molecular formula is C15H22N4S. The molecule has 0 radical (unpaired) electrons. The zero-order valence-electron chi connectivity index (χ0n) is 12.1. The summed E-state index contributed by atoms with van der Waals surface area (Å²) in [6, 6.07) is 0.381. The summed E-state index contributed by atoms with van der Waals surface area (Å²) in [5.74, 6) is 1.65. The molecule has 0 spiro atoms. The first-order chi connectivity index (χ1) is 9.65. The molecule has 1 aliphatic carbocycles. The zero-order valence-corrected chi connectivity index (χ0v) is 13.0. The van der Waals surface area contributed by atoms with Gasteiger partial charge in [0.05, 0.1) is 5.39 Å². The van der Waals surface area contributed by atoms with Crippen molar-refractivity contribution in [2.45, 2.75) is 45.6 Å². The minimum atomic E-state index is 0.381. The van der Waals surface area contributed by atoms with Crippen LogP contribution in [0, 0.1) is 19.8 Å². The fourth-order valence-corrected chi connectivity index (χ4v) is 4.07. The number of anilines is 1. The normalized spacial score (nSPS) is 23.1. The van der Waals surface area contributed by atoms with Gasteiger partial charge in [0.15, 0.2) is 0 Å². The van der Waals surface area contributed by atoms with Crippen molar-refractivity contribution in [3.8, 4) is 0 Å². The van der Waals surface area contributed by atoms with Crippen LogP contribution in [0.1, 0.15) is 36.1 Å². The van der Waals surface area contributed by atoms with Crippen LogP contribution >= 0.6 is 11.3 Å². The third-order valence-electron chi connectivity index (χ3n) is 4.35. The predicted molar refractivity (Wildman–Crippen MR) is 85.3 cm³/mol. The minimum absolute atomic E-state index is 0.381. The van der Waals surface area contributed by atoms with Crippen molar-refractivity contribution in [3.63, 3.8) is 0 Å². The van der Waals surface area contributed by atoms with E-state index in [9.17, 15) is 0 Å². The molecule has 0 saturated heterocycles. The van der Waals surface area contributed by atoms with Crippen molar-refractivity contribution in [1.82, 2.24) is 9.97 Å². The Morgan fingerprint density at radius 1 is 1.35 bits per heavy atom. The first-order valence-corrected chi connectivity index (χ1v) is 8.17. The molecule has 108 valence electrons. The van der Waals surface area contributed by atoms with Crippen molar-refractivity contribution in [3.05, 3.63) is 16.8 Å². The van der Waals surface area contributed by atoms with E-state index in [0.717, 1.165) is 23.6 Å². The highest BCUT2D eigenvalue weighted by atomic mass is 32.1. The largest absolute Gasteiger partial charge is 0.369 e. The maximum Gasteiger partial charge on any atom is 0.138 e. The second kappa shape index (κ2) is 5.66. The smallest absolute Gasteiger partial charge is 0.138 e. The highest BCUT2D eigenvalue weighted by Crippen LogP contribution is 2.33. The van der Waals surface area contributed by atoms with Crippen LogP contribution < -0.4 is 11.1 Å². The molecule has 2 unspecified atom stereocenters. The molecule has 0 bridgehead atoms. The fraction of sp³-hybridized carbons (Fsp3) is 0.600. The van der Waals surface area contributed by atoms with Gasteiger partial charge in [-0.1, -0.05) is 6.42 Å². The Bertz CT molecular complexity index is 607. The van der Waals surface area contributed by atoms with E-state index in [2.05, 4.69) is 29.1 Å². The molecule has 3 N–H and O–H groups in total. The Morgan fingerprint density at radius 3 is 3.00 bits per heavy atom. The number of aromatic nitrogens is 2. The van der Waals surface area contributed by atoms with Crippen LogP contribution in [-0.2, 0) is 0 Å². The van der Waals surface area contributed by atoms with Gasteiger partial charge in [-0.15, -0.1) is 11.3 Å². The number of nitrogens with two attached hydrogens (primary N) is 1. The Kier molecular flexibility index (Phi) is 3.89. The fourth-order valence-electron chi connectivity index (χ4n) is 3.08. The van der Waals surface area contributed by atoms with Crippen LogP contribution in [0.5, 0.6) is 0 Å². The number of hydrogen-bond acceptors (Lipinski definition) is 5. The molecule has 3 rings (SSSR count). The average molecular weight is 290 g/mol. The van der Waals surface area contributed by atoms with E-state index in [4.69, 9.17) is 5.73 Å². The first-order valence-electron chi connectivity index (χ1n) is 7.35. The monoisotopic (exact) mass is 290 g/mol. The molecule has 1 aliphatic rings. The number of fused-ring (bicyclic) bond motifs is 1. The van der Waals surface area contributed by atoms with E-state index in [1.807, 2.05) is 0 Å².